The highest BCUT2D eigenvalue weighted by Gasteiger charge is 2.31. The molecule has 4 aromatic rings. The number of aromatic nitrogens is 3. The first kappa shape index (κ1) is 17.1. The van der Waals surface area contributed by atoms with Crippen LogP contribution in [-0.2, 0) is 0 Å². The molecule has 1 fully saturated rings. The number of ether oxygens (including phenoxy) is 1. The molecule has 0 bridgehead atoms. The van der Waals surface area contributed by atoms with Crippen molar-refractivity contribution in [1.29, 1.82) is 5.26 Å². The molecule has 2 aromatic heterocycles. The van der Waals surface area contributed by atoms with E-state index >= 15 is 0 Å². The van der Waals surface area contributed by atoms with Gasteiger partial charge in [-0.15, -0.1) is 0 Å². The van der Waals surface area contributed by atoms with E-state index in [4.69, 9.17) is 15.0 Å². The van der Waals surface area contributed by atoms with Crippen LogP contribution in [0.1, 0.15) is 5.56 Å². The molecule has 0 N–H and O–H groups in total. The lowest BCUT2D eigenvalue weighted by Crippen LogP contribution is -2.54. The molecule has 0 radical (unpaired) electrons. The van der Waals surface area contributed by atoms with Crippen LogP contribution in [0.4, 0.5) is 5.82 Å². The maximum atomic E-state index is 9.15. The second-order valence-electron chi connectivity index (χ2n) is 6.91. The van der Waals surface area contributed by atoms with Crippen molar-refractivity contribution in [2.45, 2.75) is 6.10 Å². The van der Waals surface area contributed by atoms with Gasteiger partial charge in [0.25, 0.3) is 0 Å². The van der Waals surface area contributed by atoms with Gasteiger partial charge in [0.05, 0.1) is 30.2 Å². The lowest BCUT2D eigenvalue weighted by atomic mass is 10.1. The molecule has 1 aliphatic rings. The number of pyridine rings is 1. The Morgan fingerprint density at radius 3 is 2.72 bits per heavy atom. The zero-order chi connectivity index (χ0) is 19.6. The Bertz CT molecular complexity index is 1230. The maximum Gasteiger partial charge on any atom is 0.240 e. The van der Waals surface area contributed by atoms with Gasteiger partial charge in [0, 0.05) is 23.3 Å². The summed E-state index contributed by atoms with van der Waals surface area (Å²) < 4.78 is 6.12. The number of nitrogens with zero attached hydrogens (tertiary/aromatic N) is 5. The van der Waals surface area contributed by atoms with Crippen LogP contribution < -0.4 is 9.64 Å². The highest BCUT2D eigenvalue weighted by Crippen LogP contribution is 2.29. The molecule has 6 heteroatoms. The summed E-state index contributed by atoms with van der Waals surface area (Å²) >= 11 is 0. The Labute approximate surface area is 168 Å². The van der Waals surface area contributed by atoms with E-state index in [1.54, 1.807) is 24.5 Å². The summed E-state index contributed by atoms with van der Waals surface area (Å²) in [4.78, 5) is 15.7. The highest BCUT2D eigenvalue weighted by molar-refractivity contribution is 5.80. The molecule has 0 aliphatic carbocycles. The van der Waals surface area contributed by atoms with E-state index in [2.05, 4.69) is 33.1 Å². The van der Waals surface area contributed by atoms with Gasteiger partial charge in [0.15, 0.2) is 0 Å². The molecule has 0 atom stereocenters. The number of fused-ring (bicyclic) bond motifs is 1. The summed E-state index contributed by atoms with van der Waals surface area (Å²) in [5.41, 5.74) is 3.03. The van der Waals surface area contributed by atoms with Crippen molar-refractivity contribution < 1.29 is 4.74 Å². The minimum absolute atomic E-state index is 0.0119. The lowest BCUT2D eigenvalue weighted by molar-refractivity contribution is 0.160. The average Bonchev–Trinajstić information content (AvgIpc) is 2.76. The van der Waals surface area contributed by atoms with Crippen LogP contribution in [0, 0.1) is 11.3 Å². The maximum absolute atomic E-state index is 9.15. The number of hydrogen-bond acceptors (Lipinski definition) is 6. The largest absolute Gasteiger partial charge is 0.469 e. The van der Waals surface area contributed by atoms with Crippen molar-refractivity contribution in [3.8, 4) is 23.2 Å². The third-order valence-electron chi connectivity index (χ3n) is 4.96. The van der Waals surface area contributed by atoms with E-state index in [0.29, 0.717) is 17.1 Å². The molecule has 0 amide bonds. The van der Waals surface area contributed by atoms with E-state index in [9.17, 15) is 0 Å². The zero-order valence-corrected chi connectivity index (χ0v) is 15.6. The lowest BCUT2D eigenvalue weighted by Gasteiger charge is -2.39. The van der Waals surface area contributed by atoms with Crippen LogP contribution in [0.5, 0.6) is 5.88 Å². The molecule has 6 nitrogen and oxygen atoms in total. The molecule has 3 heterocycles. The predicted molar refractivity (Wildman–Crippen MR) is 111 cm³/mol. The van der Waals surface area contributed by atoms with Gasteiger partial charge in [0.1, 0.15) is 17.6 Å². The number of para-hydroxylation sites is 1. The van der Waals surface area contributed by atoms with E-state index in [1.165, 1.54) is 0 Å². The minimum Gasteiger partial charge on any atom is -0.469 e. The van der Waals surface area contributed by atoms with Crippen molar-refractivity contribution in [3.63, 3.8) is 0 Å². The first-order chi connectivity index (χ1) is 14.3. The monoisotopic (exact) mass is 379 g/mol. The number of rotatable bonds is 4. The molecule has 29 heavy (non-hydrogen) atoms. The van der Waals surface area contributed by atoms with Crippen LogP contribution in [0.25, 0.3) is 22.2 Å². The van der Waals surface area contributed by atoms with Crippen molar-refractivity contribution in [1.82, 2.24) is 15.0 Å². The standard InChI is InChI=1S/C23H17N5O/c24-13-16-4-3-6-18(12-16)22-23(26-11-10-25-22)29-19-14-28(15-19)21-9-8-17-5-1-2-7-20(17)27-21/h1-12,19H,14-15H2. The summed E-state index contributed by atoms with van der Waals surface area (Å²) in [6.07, 6.45) is 3.26. The van der Waals surface area contributed by atoms with Gasteiger partial charge in [-0.05, 0) is 30.3 Å². The summed E-state index contributed by atoms with van der Waals surface area (Å²) in [6, 6.07) is 21.7. The van der Waals surface area contributed by atoms with Crippen LogP contribution in [0.2, 0.25) is 0 Å². The highest BCUT2D eigenvalue weighted by atomic mass is 16.5. The summed E-state index contributed by atoms with van der Waals surface area (Å²) in [6.45, 7) is 1.47. The average molecular weight is 379 g/mol. The van der Waals surface area contributed by atoms with Crippen LogP contribution in [-0.4, -0.2) is 34.1 Å². The quantitative estimate of drug-likeness (QED) is 0.536. The van der Waals surface area contributed by atoms with Gasteiger partial charge in [-0.2, -0.15) is 5.26 Å². The third kappa shape index (κ3) is 3.34. The fraction of sp³-hybridized carbons (Fsp3) is 0.130. The van der Waals surface area contributed by atoms with Crippen molar-refractivity contribution in [2.24, 2.45) is 0 Å². The van der Waals surface area contributed by atoms with Gasteiger partial charge < -0.3 is 9.64 Å². The second kappa shape index (κ2) is 7.21. The molecule has 140 valence electrons. The van der Waals surface area contributed by atoms with Crippen molar-refractivity contribution in [3.05, 3.63) is 78.6 Å². The molecule has 0 saturated carbocycles. The number of anilines is 1. The normalized spacial score (nSPS) is 13.7. The predicted octanol–water partition coefficient (Wildman–Crippen LogP) is 3.83. The van der Waals surface area contributed by atoms with E-state index in [1.807, 2.05) is 36.4 Å². The van der Waals surface area contributed by atoms with Gasteiger partial charge >= 0.3 is 0 Å². The first-order valence-corrected chi connectivity index (χ1v) is 9.39. The van der Waals surface area contributed by atoms with Crippen LogP contribution in [0.15, 0.2) is 73.1 Å². The second-order valence-corrected chi connectivity index (χ2v) is 6.91. The third-order valence-corrected chi connectivity index (χ3v) is 4.96. The Balaban J connectivity index is 1.32. The van der Waals surface area contributed by atoms with Crippen molar-refractivity contribution >= 4 is 16.7 Å². The molecule has 0 spiro atoms. The molecular formula is C23H17N5O. The topological polar surface area (TPSA) is 74.9 Å². The van der Waals surface area contributed by atoms with Gasteiger partial charge in [-0.25, -0.2) is 15.0 Å². The van der Waals surface area contributed by atoms with Gasteiger partial charge in [-0.3, -0.25) is 0 Å². The summed E-state index contributed by atoms with van der Waals surface area (Å²) in [5, 5.41) is 10.3. The SMILES string of the molecule is N#Cc1cccc(-c2nccnc2OC2CN(c3ccc4ccccc4n3)C2)c1. The molecule has 0 unspecified atom stereocenters. The molecule has 2 aromatic carbocycles. The zero-order valence-electron chi connectivity index (χ0n) is 15.6. The number of hydrogen-bond donors (Lipinski definition) is 0. The molecular weight excluding hydrogens is 362 g/mol. The summed E-state index contributed by atoms with van der Waals surface area (Å²) in [5.74, 6) is 1.43. The Kier molecular flexibility index (Phi) is 4.26. The molecule has 5 rings (SSSR count). The van der Waals surface area contributed by atoms with Crippen LogP contribution >= 0.6 is 0 Å². The minimum atomic E-state index is 0.0119. The van der Waals surface area contributed by atoms with E-state index < -0.39 is 0 Å². The van der Waals surface area contributed by atoms with Crippen molar-refractivity contribution in [2.75, 3.05) is 18.0 Å². The smallest absolute Gasteiger partial charge is 0.240 e. The van der Waals surface area contributed by atoms with Gasteiger partial charge in [0.2, 0.25) is 5.88 Å². The first-order valence-electron chi connectivity index (χ1n) is 9.39. The molecule has 1 aliphatic heterocycles. The van der Waals surface area contributed by atoms with E-state index in [0.717, 1.165) is 35.4 Å². The van der Waals surface area contributed by atoms with Crippen LogP contribution in [0.3, 0.4) is 0 Å². The Hall–Kier alpha value is -3.98. The van der Waals surface area contributed by atoms with E-state index in [-0.39, 0.29) is 6.10 Å². The fourth-order valence-electron chi connectivity index (χ4n) is 3.43. The number of nitriles is 1. The summed E-state index contributed by atoms with van der Waals surface area (Å²) in [7, 11) is 0. The fourth-order valence-corrected chi connectivity index (χ4v) is 3.43. The Morgan fingerprint density at radius 2 is 1.83 bits per heavy atom. The Morgan fingerprint density at radius 1 is 0.966 bits per heavy atom. The molecule has 1 saturated heterocycles. The van der Waals surface area contributed by atoms with Gasteiger partial charge in [-0.1, -0.05) is 30.3 Å². The number of benzene rings is 2.